The van der Waals surface area contributed by atoms with Gasteiger partial charge in [-0.25, -0.2) is 0 Å². The number of amides is 1. The Labute approximate surface area is 99.1 Å². The molecule has 0 radical (unpaired) electrons. The van der Waals surface area contributed by atoms with Crippen LogP contribution in [0.5, 0.6) is 0 Å². The van der Waals surface area contributed by atoms with E-state index in [2.05, 4.69) is 0 Å². The molecule has 0 aromatic heterocycles. The summed E-state index contributed by atoms with van der Waals surface area (Å²) in [7, 11) is 0. The predicted molar refractivity (Wildman–Crippen MR) is 58.2 cm³/mol. The first-order chi connectivity index (χ1) is 7.68. The maximum absolute atomic E-state index is 12.6. The molecule has 3 nitrogen and oxygen atoms in total. The lowest BCUT2D eigenvalue weighted by atomic mass is 9.93. The minimum Gasteiger partial charge on any atom is -0.340 e. The number of nitrogens with two attached hydrogens (primary N) is 1. The number of nitrogens with zero attached hydrogens (tertiary/aromatic N) is 1. The summed E-state index contributed by atoms with van der Waals surface area (Å²) in [6, 6.07) is 0. The summed E-state index contributed by atoms with van der Waals surface area (Å²) >= 11 is 0. The molecule has 1 heterocycles. The third kappa shape index (κ3) is 3.34. The van der Waals surface area contributed by atoms with E-state index in [1.165, 1.54) is 4.90 Å². The molecule has 1 fully saturated rings. The highest BCUT2D eigenvalue weighted by atomic mass is 19.4. The molecule has 0 spiro atoms. The van der Waals surface area contributed by atoms with Crippen LogP contribution in [0.15, 0.2) is 0 Å². The minimum absolute atomic E-state index is 0.0979. The van der Waals surface area contributed by atoms with E-state index < -0.39 is 17.6 Å². The molecular formula is C11H19F3N2O. The van der Waals surface area contributed by atoms with Crippen LogP contribution in [-0.4, -0.2) is 35.6 Å². The van der Waals surface area contributed by atoms with E-state index in [1.807, 2.05) is 0 Å². The Balaban J connectivity index is 2.71. The van der Waals surface area contributed by atoms with Crippen LogP contribution < -0.4 is 5.73 Å². The molecule has 1 aliphatic rings. The number of likely N-dealkylation sites (tertiary alicyclic amines) is 1. The van der Waals surface area contributed by atoms with Crippen LogP contribution in [0, 0.1) is 5.92 Å². The molecule has 1 rings (SSSR count). The fourth-order valence-corrected chi connectivity index (χ4v) is 1.94. The molecule has 2 unspecified atom stereocenters. The second kappa shape index (κ2) is 4.84. The van der Waals surface area contributed by atoms with Gasteiger partial charge in [-0.05, 0) is 26.2 Å². The summed E-state index contributed by atoms with van der Waals surface area (Å²) in [6.07, 6.45) is -3.33. The summed E-state index contributed by atoms with van der Waals surface area (Å²) in [5.74, 6) is -1.79. The van der Waals surface area contributed by atoms with Gasteiger partial charge in [-0.2, -0.15) is 13.2 Å². The maximum atomic E-state index is 12.6. The number of hydrogen-bond acceptors (Lipinski definition) is 2. The first-order valence-electron chi connectivity index (χ1n) is 5.83. The first kappa shape index (κ1) is 14.3. The highest BCUT2D eigenvalue weighted by molar-refractivity contribution is 5.85. The molecule has 0 aliphatic carbocycles. The normalized spacial score (nSPS) is 25.5. The van der Waals surface area contributed by atoms with Crippen LogP contribution in [0.3, 0.4) is 0 Å². The Morgan fingerprint density at radius 3 is 2.53 bits per heavy atom. The van der Waals surface area contributed by atoms with Gasteiger partial charge in [-0.3, -0.25) is 4.79 Å². The van der Waals surface area contributed by atoms with Gasteiger partial charge >= 0.3 is 6.18 Å². The molecule has 2 N–H and O–H groups in total. The van der Waals surface area contributed by atoms with Crippen molar-refractivity contribution < 1.29 is 18.0 Å². The van der Waals surface area contributed by atoms with Crippen LogP contribution in [0.25, 0.3) is 0 Å². The highest BCUT2D eigenvalue weighted by Gasteiger charge is 2.44. The number of piperidine rings is 1. The van der Waals surface area contributed by atoms with E-state index in [0.29, 0.717) is 19.4 Å². The fourth-order valence-electron chi connectivity index (χ4n) is 1.94. The van der Waals surface area contributed by atoms with Crippen molar-refractivity contribution in [3.63, 3.8) is 0 Å². The number of carbonyl (C=O) groups is 1. The molecule has 0 aromatic rings. The molecule has 0 aromatic carbocycles. The van der Waals surface area contributed by atoms with E-state index >= 15 is 0 Å². The third-order valence-corrected chi connectivity index (χ3v) is 3.39. The number of halogens is 3. The number of carbonyl (C=O) groups excluding carboxylic acids is 1. The van der Waals surface area contributed by atoms with Gasteiger partial charge in [-0.1, -0.05) is 6.92 Å². The second-order valence-electron chi connectivity index (χ2n) is 4.90. The number of hydrogen-bond donors (Lipinski definition) is 1. The quantitative estimate of drug-likeness (QED) is 0.816. The highest BCUT2D eigenvalue weighted by Crippen LogP contribution is 2.33. The average Bonchev–Trinajstić information content (AvgIpc) is 2.27. The molecule has 1 amide bonds. The zero-order chi connectivity index (χ0) is 13.3. The monoisotopic (exact) mass is 252 g/mol. The Morgan fingerprint density at radius 1 is 1.47 bits per heavy atom. The van der Waals surface area contributed by atoms with Crippen molar-refractivity contribution in [2.75, 3.05) is 13.1 Å². The van der Waals surface area contributed by atoms with Crippen molar-refractivity contribution in [1.82, 2.24) is 4.90 Å². The van der Waals surface area contributed by atoms with Gasteiger partial charge in [0.25, 0.3) is 0 Å². The lowest BCUT2D eigenvalue weighted by Gasteiger charge is -2.37. The summed E-state index contributed by atoms with van der Waals surface area (Å²) in [6.45, 7) is 3.43. The van der Waals surface area contributed by atoms with Gasteiger partial charge in [0.1, 0.15) is 0 Å². The van der Waals surface area contributed by atoms with Crippen molar-refractivity contribution in [3.8, 4) is 0 Å². The van der Waals surface area contributed by atoms with E-state index in [-0.39, 0.29) is 18.9 Å². The number of alkyl halides is 3. The van der Waals surface area contributed by atoms with Crippen molar-refractivity contribution in [1.29, 1.82) is 0 Å². The molecule has 17 heavy (non-hydrogen) atoms. The zero-order valence-electron chi connectivity index (χ0n) is 10.2. The van der Waals surface area contributed by atoms with Gasteiger partial charge in [-0.15, -0.1) is 0 Å². The molecule has 6 heteroatoms. The Bertz CT molecular complexity index is 289. The van der Waals surface area contributed by atoms with Crippen molar-refractivity contribution in [3.05, 3.63) is 0 Å². The van der Waals surface area contributed by atoms with Crippen molar-refractivity contribution in [2.45, 2.75) is 44.8 Å². The maximum Gasteiger partial charge on any atom is 0.393 e. The number of rotatable bonds is 2. The minimum atomic E-state index is -4.23. The fraction of sp³-hybridized carbons (Fsp3) is 0.909. The second-order valence-corrected chi connectivity index (χ2v) is 4.90. The van der Waals surface area contributed by atoms with E-state index in [4.69, 9.17) is 5.73 Å². The molecule has 0 bridgehead atoms. The van der Waals surface area contributed by atoms with Gasteiger partial charge in [0.15, 0.2) is 0 Å². The smallest absolute Gasteiger partial charge is 0.340 e. The summed E-state index contributed by atoms with van der Waals surface area (Å²) in [5.41, 5.74) is 4.71. The molecule has 100 valence electrons. The Morgan fingerprint density at radius 2 is 2.06 bits per heavy atom. The topological polar surface area (TPSA) is 46.3 Å². The van der Waals surface area contributed by atoms with Crippen molar-refractivity contribution in [2.24, 2.45) is 11.7 Å². The standard InChI is InChI=1S/C11H19F3N2O/c1-3-10(2,15)9(17)16-6-4-5-8(7-16)11(12,13)14/h8H,3-7,15H2,1-2H3. The van der Waals surface area contributed by atoms with E-state index in [1.54, 1.807) is 13.8 Å². The van der Waals surface area contributed by atoms with Crippen LogP contribution >= 0.6 is 0 Å². The van der Waals surface area contributed by atoms with Crippen LogP contribution in [-0.2, 0) is 4.79 Å². The first-order valence-corrected chi connectivity index (χ1v) is 5.83. The Kier molecular flexibility index (Phi) is 4.06. The lowest BCUT2D eigenvalue weighted by Crippen LogP contribution is -2.56. The van der Waals surface area contributed by atoms with Gasteiger partial charge in [0, 0.05) is 13.1 Å². The summed E-state index contributed by atoms with van der Waals surface area (Å²) in [5, 5.41) is 0. The molecule has 1 aliphatic heterocycles. The lowest BCUT2D eigenvalue weighted by molar-refractivity contribution is -0.188. The summed E-state index contributed by atoms with van der Waals surface area (Å²) < 4.78 is 37.8. The molecule has 2 atom stereocenters. The predicted octanol–water partition coefficient (Wildman–Crippen LogP) is 1.91. The average molecular weight is 252 g/mol. The Hall–Kier alpha value is -0.780. The SMILES string of the molecule is CCC(C)(N)C(=O)N1CCCC(C(F)(F)F)C1. The third-order valence-electron chi connectivity index (χ3n) is 3.39. The molecule has 1 saturated heterocycles. The molecule has 0 saturated carbocycles. The van der Waals surface area contributed by atoms with Crippen LogP contribution in [0.4, 0.5) is 13.2 Å². The zero-order valence-corrected chi connectivity index (χ0v) is 10.2. The largest absolute Gasteiger partial charge is 0.393 e. The van der Waals surface area contributed by atoms with Gasteiger partial charge < -0.3 is 10.6 Å². The van der Waals surface area contributed by atoms with Gasteiger partial charge in [0.2, 0.25) is 5.91 Å². The molecular weight excluding hydrogens is 233 g/mol. The van der Waals surface area contributed by atoms with Crippen molar-refractivity contribution >= 4 is 5.91 Å². The van der Waals surface area contributed by atoms with Crippen LogP contribution in [0.2, 0.25) is 0 Å². The van der Waals surface area contributed by atoms with E-state index in [9.17, 15) is 18.0 Å². The summed E-state index contributed by atoms with van der Waals surface area (Å²) in [4.78, 5) is 13.2. The van der Waals surface area contributed by atoms with E-state index in [0.717, 1.165) is 0 Å². The van der Waals surface area contributed by atoms with Crippen LogP contribution in [0.1, 0.15) is 33.1 Å². The van der Waals surface area contributed by atoms with Gasteiger partial charge in [0.05, 0.1) is 11.5 Å².